The summed E-state index contributed by atoms with van der Waals surface area (Å²) >= 11 is 0. The molecule has 0 aliphatic carbocycles. The average molecular weight is 328 g/mol. The summed E-state index contributed by atoms with van der Waals surface area (Å²) in [6.45, 7) is 0.427. The molecule has 2 aromatic rings. The van der Waals surface area contributed by atoms with Crippen LogP contribution in [0.4, 0.5) is 0 Å². The molecule has 1 atom stereocenters. The Labute approximate surface area is 143 Å². The number of benzene rings is 2. The molecule has 1 amide bonds. The van der Waals surface area contributed by atoms with Crippen LogP contribution in [0.2, 0.25) is 0 Å². The lowest BCUT2D eigenvalue weighted by molar-refractivity contribution is -0.125. The molecule has 0 aromatic heterocycles. The zero-order valence-corrected chi connectivity index (χ0v) is 14.6. The average Bonchev–Trinajstić information content (AvgIpc) is 2.60. The first-order valence-electron chi connectivity index (χ1n) is 7.76. The number of rotatable bonds is 7. The summed E-state index contributed by atoms with van der Waals surface area (Å²) in [6, 6.07) is 15.0. The molecule has 0 radical (unpaired) electrons. The molecule has 5 nitrogen and oxygen atoms in total. The number of carbonyl (C=O) groups is 1. The quantitative estimate of drug-likeness (QED) is 0.849. The largest absolute Gasteiger partial charge is 0.493 e. The zero-order valence-electron chi connectivity index (χ0n) is 14.6. The molecule has 0 unspecified atom stereocenters. The van der Waals surface area contributed by atoms with E-state index in [1.54, 1.807) is 14.2 Å². The van der Waals surface area contributed by atoms with Crippen LogP contribution in [0.25, 0.3) is 0 Å². The summed E-state index contributed by atoms with van der Waals surface area (Å²) in [6.07, 6.45) is 0. The van der Waals surface area contributed by atoms with E-state index in [1.807, 2.05) is 67.5 Å². The van der Waals surface area contributed by atoms with E-state index in [4.69, 9.17) is 9.47 Å². The van der Waals surface area contributed by atoms with Gasteiger partial charge < -0.3 is 14.8 Å². The lowest BCUT2D eigenvalue weighted by Gasteiger charge is -2.24. The van der Waals surface area contributed by atoms with Crippen molar-refractivity contribution in [2.75, 3.05) is 28.3 Å². The standard InChI is InChI=1S/C19H24N2O3/c1-21(2)18(15-8-6-5-7-9-15)19(22)20-13-14-10-11-16(23-3)17(12-14)24-4/h5-12,18H,13H2,1-4H3,(H,20,22)/t18-/m0/s1. The SMILES string of the molecule is COc1ccc(CNC(=O)[C@H](c2ccccc2)N(C)C)cc1OC. The van der Waals surface area contributed by atoms with Gasteiger partial charge in [-0.05, 0) is 37.4 Å². The highest BCUT2D eigenvalue weighted by Gasteiger charge is 2.22. The van der Waals surface area contributed by atoms with Crippen molar-refractivity contribution in [3.63, 3.8) is 0 Å². The number of hydrogen-bond donors (Lipinski definition) is 1. The summed E-state index contributed by atoms with van der Waals surface area (Å²) in [5, 5.41) is 2.99. The monoisotopic (exact) mass is 328 g/mol. The van der Waals surface area contributed by atoms with Crippen LogP contribution < -0.4 is 14.8 Å². The number of carbonyl (C=O) groups excluding carboxylic acids is 1. The molecular formula is C19H24N2O3. The van der Waals surface area contributed by atoms with Crippen molar-refractivity contribution < 1.29 is 14.3 Å². The van der Waals surface area contributed by atoms with E-state index >= 15 is 0 Å². The van der Waals surface area contributed by atoms with Crippen LogP contribution in [-0.2, 0) is 11.3 Å². The Kier molecular flexibility index (Phi) is 6.21. The first kappa shape index (κ1) is 17.8. The normalized spacial score (nSPS) is 11.9. The number of ether oxygens (including phenoxy) is 2. The molecule has 24 heavy (non-hydrogen) atoms. The second kappa shape index (κ2) is 8.36. The fraction of sp³-hybridized carbons (Fsp3) is 0.316. The maximum Gasteiger partial charge on any atom is 0.242 e. The van der Waals surface area contributed by atoms with Gasteiger partial charge in [0, 0.05) is 6.54 Å². The fourth-order valence-corrected chi connectivity index (χ4v) is 2.60. The van der Waals surface area contributed by atoms with Crippen LogP contribution in [0.15, 0.2) is 48.5 Å². The van der Waals surface area contributed by atoms with Crippen molar-refractivity contribution in [3.8, 4) is 11.5 Å². The Morgan fingerprint density at radius 1 is 1.04 bits per heavy atom. The molecule has 128 valence electrons. The van der Waals surface area contributed by atoms with E-state index in [0.29, 0.717) is 18.0 Å². The van der Waals surface area contributed by atoms with Crippen LogP contribution in [-0.4, -0.2) is 39.1 Å². The van der Waals surface area contributed by atoms with Gasteiger partial charge in [0.25, 0.3) is 0 Å². The van der Waals surface area contributed by atoms with E-state index in [0.717, 1.165) is 11.1 Å². The number of methoxy groups -OCH3 is 2. The molecule has 5 heteroatoms. The van der Waals surface area contributed by atoms with Crippen LogP contribution in [0.1, 0.15) is 17.2 Å². The highest BCUT2D eigenvalue weighted by Crippen LogP contribution is 2.27. The zero-order chi connectivity index (χ0) is 17.5. The van der Waals surface area contributed by atoms with Crippen molar-refractivity contribution in [2.45, 2.75) is 12.6 Å². The predicted octanol–water partition coefficient (Wildman–Crippen LogP) is 2.62. The summed E-state index contributed by atoms with van der Waals surface area (Å²) in [5.41, 5.74) is 1.92. The van der Waals surface area contributed by atoms with Crippen molar-refractivity contribution in [1.82, 2.24) is 10.2 Å². The summed E-state index contributed by atoms with van der Waals surface area (Å²) in [4.78, 5) is 14.5. The third-order valence-corrected chi connectivity index (χ3v) is 3.79. The number of amides is 1. The highest BCUT2D eigenvalue weighted by atomic mass is 16.5. The Morgan fingerprint density at radius 2 is 1.71 bits per heavy atom. The van der Waals surface area contributed by atoms with Gasteiger partial charge in [0.1, 0.15) is 6.04 Å². The molecular weight excluding hydrogens is 304 g/mol. The van der Waals surface area contributed by atoms with Crippen molar-refractivity contribution in [3.05, 3.63) is 59.7 Å². The molecule has 1 N–H and O–H groups in total. The second-order valence-electron chi connectivity index (χ2n) is 5.68. The smallest absolute Gasteiger partial charge is 0.242 e. The topological polar surface area (TPSA) is 50.8 Å². The van der Waals surface area contributed by atoms with Crippen molar-refractivity contribution in [1.29, 1.82) is 0 Å². The number of nitrogens with one attached hydrogen (secondary N) is 1. The second-order valence-corrected chi connectivity index (χ2v) is 5.68. The van der Waals surface area contributed by atoms with Gasteiger partial charge >= 0.3 is 0 Å². The van der Waals surface area contributed by atoms with Gasteiger partial charge in [-0.2, -0.15) is 0 Å². The van der Waals surface area contributed by atoms with Crippen LogP contribution in [0.3, 0.4) is 0 Å². The third kappa shape index (κ3) is 4.26. The minimum Gasteiger partial charge on any atom is -0.493 e. The van der Waals surface area contributed by atoms with Crippen LogP contribution >= 0.6 is 0 Å². The number of likely N-dealkylation sites (N-methyl/N-ethyl adjacent to an activating group) is 1. The number of hydrogen-bond acceptors (Lipinski definition) is 4. The van der Waals surface area contributed by atoms with Crippen LogP contribution in [0.5, 0.6) is 11.5 Å². The molecule has 2 rings (SSSR count). The van der Waals surface area contributed by atoms with Gasteiger partial charge in [-0.3, -0.25) is 9.69 Å². The molecule has 0 spiro atoms. The van der Waals surface area contributed by atoms with Gasteiger partial charge in [0.05, 0.1) is 14.2 Å². The first-order valence-corrected chi connectivity index (χ1v) is 7.76. The lowest BCUT2D eigenvalue weighted by atomic mass is 10.1. The molecule has 2 aromatic carbocycles. The summed E-state index contributed by atoms with van der Waals surface area (Å²) in [5.74, 6) is 1.28. The third-order valence-electron chi connectivity index (χ3n) is 3.79. The Balaban J connectivity index is 2.08. The highest BCUT2D eigenvalue weighted by molar-refractivity contribution is 5.83. The van der Waals surface area contributed by atoms with E-state index < -0.39 is 0 Å². The minimum absolute atomic E-state index is 0.0408. The molecule has 0 saturated carbocycles. The fourth-order valence-electron chi connectivity index (χ4n) is 2.60. The lowest BCUT2D eigenvalue weighted by Crippen LogP contribution is -2.36. The number of nitrogens with zero attached hydrogens (tertiary/aromatic N) is 1. The molecule has 0 fully saturated rings. The van der Waals surface area contributed by atoms with E-state index in [1.165, 1.54) is 0 Å². The molecule has 0 saturated heterocycles. The Bertz CT molecular complexity index is 672. The van der Waals surface area contributed by atoms with Gasteiger partial charge in [-0.15, -0.1) is 0 Å². The molecule has 0 aliphatic heterocycles. The predicted molar refractivity (Wildman–Crippen MR) is 94.3 cm³/mol. The summed E-state index contributed by atoms with van der Waals surface area (Å²) in [7, 11) is 6.99. The van der Waals surface area contributed by atoms with E-state index in [9.17, 15) is 4.79 Å². The Hall–Kier alpha value is -2.53. The van der Waals surface area contributed by atoms with Crippen molar-refractivity contribution >= 4 is 5.91 Å². The molecule has 0 aliphatic rings. The van der Waals surface area contributed by atoms with E-state index in [2.05, 4.69) is 5.32 Å². The van der Waals surface area contributed by atoms with Gasteiger partial charge in [0.2, 0.25) is 5.91 Å². The summed E-state index contributed by atoms with van der Waals surface area (Å²) < 4.78 is 10.5. The Morgan fingerprint density at radius 3 is 2.29 bits per heavy atom. The van der Waals surface area contributed by atoms with Gasteiger partial charge in [-0.25, -0.2) is 0 Å². The molecule has 0 bridgehead atoms. The minimum atomic E-state index is -0.327. The van der Waals surface area contributed by atoms with Crippen molar-refractivity contribution in [2.24, 2.45) is 0 Å². The van der Waals surface area contributed by atoms with Gasteiger partial charge in [0.15, 0.2) is 11.5 Å². The maximum absolute atomic E-state index is 12.6. The molecule has 0 heterocycles. The van der Waals surface area contributed by atoms with E-state index in [-0.39, 0.29) is 11.9 Å². The van der Waals surface area contributed by atoms with Gasteiger partial charge in [-0.1, -0.05) is 36.4 Å². The van der Waals surface area contributed by atoms with Crippen LogP contribution in [0, 0.1) is 0 Å². The first-order chi connectivity index (χ1) is 11.6. The maximum atomic E-state index is 12.6.